The van der Waals surface area contributed by atoms with Crippen molar-refractivity contribution in [1.82, 2.24) is 14.8 Å². The third-order valence-electron chi connectivity index (χ3n) is 9.87. The van der Waals surface area contributed by atoms with E-state index < -0.39 is 0 Å². The fourth-order valence-electron chi connectivity index (χ4n) is 6.62. The van der Waals surface area contributed by atoms with Crippen molar-refractivity contribution in [2.75, 3.05) is 0 Å². The molecule has 235 valence electrons. The minimum absolute atomic E-state index is 0. The molecule has 46 heavy (non-hydrogen) atoms. The molecule has 1 radical (unpaired) electrons. The molecule has 4 aromatic carbocycles. The van der Waals surface area contributed by atoms with E-state index in [-0.39, 0.29) is 30.9 Å². The van der Waals surface area contributed by atoms with E-state index in [1.807, 2.05) is 42.5 Å². The van der Waals surface area contributed by atoms with Crippen LogP contribution >= 0.6 is 0 Å². The van der Waals surface area contributed by atoms with Crippen molar-refractivity contribution in [1.29, 1.82) is 0 Å². The van der Waals surface area contributed by atoms with Gasteiger partial charge in [0, 0.05) is 43.0 Å². The molecule has 1 aliphatic rings. The molecule has 0 saturated carbocycles. The van der Waals surface area contributed by atoms with Crippen molar-refractivity contribution < 1.29 is 20.1 Å². The largest absolute Gasteiger partial charge is 0.305 e. The monoisotopic (exact) mass is 780 g/mol. The zero-order valence-electron chi connectivity index (χ0n) is 28.0. The van der Waals surface area contributed by atoms with E-state index in [9.17, 15) is 0 Å². The van der Waals surface area contributed by atoms with E-state index in [4.69, 9.17) is 5.10 Å². The Morgan fingerprint density at radius 3 is 1.85 bits per heavy atom. The zero-order chi connectivity index (χ0) is 31.9. The molecular weight excluding hydrogens is 739 g/mol. The Morgan fingerprint density at radius 1 is 0.630 bits per heavy atom. The number of aryl methyl sites for hydroxylation is 4. The van der Waals surface area contributed by atoms with Gasteiger partial charge in [-0.15, -0.1) is 47.0 Å². The smallest absolute Gasteiger partial charge is 0.0935 e. The summed E-state index contributed by atoms with van der Waals surface area (Å²) >= 11 is 0. The summed E-state index contributed by atoms with van der Waals surface area (Å²) < 4.78 is 2.15. The average molecular weight is 780 g/mol. The zero-order valence-corrected chi connectivity index (χ0v) is 30.4. The van der Waals surface area contributed by atoms with Gasteiger partial charge in [0.25, 0.3) is 0 Å². The van der Waals surface area contributed by atoms with Crippen LogP contribution in [0.15, 0.2) is 103 Å². The molecule has 2 aromatic heterocycles. The van der Waals surface area contributed by atoms with Crippen molar-refractivity contribution in [3.8, 4) is 39.3 Å². The maximum atomic E-state index is 5.17. The van der Waals surface area contributed by atoms with Crippen molar-refractivity contribution in [2.45, 2.75) is 66.2 Å². The van der Waals surface area contributed by atoms with E-state index in [1.165, 1.54) is 50.2 Å². The Labute approximate surface area is 288 Å². The maximum absolute atomic E-state index is 5.17. The number of aromatic nitrogens is 3. The first kappa shape index (κ1) is 33.3. The van der Waals surface area contributed by atoms with Gasteiger partial charge in [-0.05, 0) is 67.8 Å². The molecule has 0 N–H and O–H groups in total. The summed E-state index contributed by atoms with van der Waals surface area (Å²) in [7, 11) is 0. The van der Waals surface area contributed by atoms with Crippen LogP contribution in [0.3, 0.4) is 0 Å². The number of nitrogens with zero attached hydrogens (tertiary/aromatic N) is 3. The number of hydrogen-bond acceptors (Lipinski definition) is 2. The number of hydrogen-bond donors (Lipinski definition) is 0. The van der Waals surface area contributed by atoms with Gasteiger partial charge in [-0.1, -0.05) is 92.9 Å². The SMILES string of the molecule is Cc1cccc(C)c1-c1c[c-]c2c(c1)C(C)(C)C(C)(C)c1cc(-c3c(C)cccc3C)nn1-2.[Ir].[c-]1ccccc1-c1ccccn1. The summed E-state index contributed by atoms with van der Waals surface area (Å²) in [5, 5.41) is 5.17. The van der Waals surface area contributed by atoms with Crippen LogP contribution in [0.5, 0.6) is 0 Å². The second kappa shape index (κ2) is 12.9. The van der Waals surface area contributed by atoms with Gasteiger partial charge >= 0.3 is 0 Å². The molecule has 0 spiro atoms. The summed E-state index contributed by atoms with van der Waals surface area (Å²) in [6.45, 7) is 18.2. The molecule has 4 heteroatoms. The summed E-state index contributed by atoms with van der Waals surface area (Å²) in [5.74, 6) is 0. The van der Waals surface area contributed by atoms with Gasteiger partial charge in [-0.3, -0.25) is 4.68 Å². The first-order valence-corrected chi connectivity index (χ1v) is 15.7. The van der Waals surface area contributed by atoms with Crippen LogP contribution in [-0.4, -0.2) is 14.8 Å². The second-order valence-corrected chi connectivity index (χ2v) is 13.3. The van der Waals surface area contributed by atoms with Crippen LogP contribution in [-0.2, 0) is 30.9 Å². The van der Waals surface area contributed by atoms with Crippen LogP contribution in [0.2, 0.25) is 0 Å². The molecule has 0 bridgehead atoms. The predicted octanol–water partition coefficient (Wildman–Crippen LogP) is 10.4. The molecule has 3 heterocycles. The summed E-state index contributed by atoms with van der Waals surface area (Å²) in [4.78, 5) is 4.22. The van der Waals surface area contributed by atoms with E-state index in [2.05, 4.69) is 132 Å². The molecule has 0 fully saturated rings. The van der Waals surface area contributed by atoms with E-state index in [0.29, 0.717) is 0 Å². The van der Waals surface area contributed by atoms with Crippen molar-refractivity contribution in [3.63, 3.8) is 0 Å². The van der Waals surface area contributed by atoms with Crippen LogP contribution in [0, 0.1) is 39.8 Å². The molecule has 1 aliphatic heterocycles. The van der Waals surface area contributed by atoms with Gasteiger partial charge in [0.2, 0.25) is 0 Å². The molecule has 0 unspecified atom stereocenters. The number of fused-ring (bicyclic) bond motifs is 3. The number of benzene rings is 4. The minimum atomic E-state index is -0.102. The summed E-state index contributed by atoms with van der Waals surface area (Å²) in [6, 6.07) is 40.3. The minimum Gasteiger partial charge on any atom is -0.305 e. The van der Waals surface area contributed by atoms with Crippen LogP contribution in [0.4, 0.5) is 0 Å². The molecule has 0 aliphatic carbocycles. The third-order valence-corrected chi connectivity index (χ3v) is 9.87. The Bertz CT molecular complexity index is 1910. The molecule has 0 amide bonds. The molecular formula is C42H41IrN3-2. The van der Waals surface area contributed by atoms with Gasteiger partial charge < -0.3 is 4.98 Å². The van der Waals surface area contributed by atoms with Crippen molar-refractivity contribution in [3.05, 3.63) is 149 Å². The second-order valence-electron chi connectivity index (χ2n) is 13.3. The number of pyridine rings is 1. The van der Waals surface area contributed by atoms with Crippen LogP contribution < -0.4 is 0 Å². The first-order chi connectivity index (χ1) is 21.5. The Kier molecular flexibility index (Phi) is 9.36. The predicted molar refractivity (Wildman–Crippen MR) is 187 cm³/mol. The summed E-state index contributed by atoms with van der Waals surface area (Å²) in [5.41, 5.74) is 15.4. The molecule has 0 saturated heterocycles. The normalized spacial score (nSPS) is 13.8. The van der Waals surface area contributed by atoms with Gasteiger partial charge in [0.15, 0.2) is 0 Å². The maximum Gasteiger partial charge on any atom is 0.0935 e. The topological polar surface area (TPSA) is 30.7 Å². The number of rotatable bonds is 3. The van der Waals surface area contributed by atoms with Crippen molar-refractivity contribution in [2.24, 2.45) is 0 Å². The van der Waals surface area contributed by atoms with E-state index in [0.717, 1.165) is 22.6 Å². The Balaban J connectivity index is 0.000000269. The van der Waals surface area contributed by atoms with Gasteiger partial charge in [0.1, 0.15) is 0 Å². The fourth-order valence-corrected chi connectivity index (χ4v) is 6.62. The first-order valence-electron chi connectivity index (χ1n) is 15.7. The quantitative estimate of drug-likeness (QED) is 0.168. The van der Waals surface area contributed by atoms with Gasteiger partial charge in [0.05, 0.1) is 5.69 Å². The van der Waals surface area contributed by atoms with Crippen molar-refractivity contribution >= 4 is 0 Å². The van der Waals surface area contributed by atoms with E-state index >= 15 is 0 Å². The molecule has 0 atom stereocenters. The van der Waals surface area contributed by atoms with Crippen LogP contribution in [0.1, 0.15) is 61.2 Å². The van der Waals surface area contributed by atoms with Crippen LogP contribution in [0.25, 0.3) is 39.3 Å². The standard InChI is InChI=1S/C31H33N2.C11H8N.Ir/c1-19-11-9-12-20(2)28(19)23-15-16-26-24(17-23)30(5,6)31(7,8)27-18-25(32-33(26)27)29-21(3)13-10-14-22(29)4;1-2-6-10(7-3-1)11-8-4-5-9-12-11;/h9-15,17-18H,1-8H3;1-6,8-9H;/q2*-1;. The average Bonchev–Trinajstić information content (AvgIpc) is 3.47. The molecule has 3 nitrogen and oxygen atoms in total. The molecule has 6 aromatic rings. The van der Waals surface area contributed by atoms with Gasteiger partial charge in [-0.2, -0.15) is 23.3 Å². The Hall–Kier alpha value is -4.11. The fraction of sp³-hybridized carbons (Fsp3) is 0.238. The Morgan fingerprint density at radius 2 is 1.26 bits per heavy atom. The summed E-state index contributed by atoms with van der Waals surface area (Å²) in [6.07, 6.45) is 1.79. The third kappa shape index (κ3) is 5.81. The molecule has 7 rings (SSSR count). The van der Waals surface area contributed by atoms with E-state index in [1.54, 1.807) is 6.20 Å². The van der Waals surface area contributed by atoms with Gasteiger partial charge in [-0.25, -0.2) is 0 Å².